The molecule has 0 saturated heterocycles. The number of hydrogen-bond donors (Lipinski definition) is 1. The Kier molecular flexibility index (Phi) is 3.66. The minimum atomic E-state index is 0.337. The van der Waals surface area contributed by atoms with Crippen LogP contribution in [0.4, 0.5) is 0 Å². The van der Waals surface area contributed by atoms with Crippen molar-refractivity contribution in [2.75, 3.05) is 7.11 Å². The van der Waals surface area contributed by atoms with Gasteiger partial charge >= 0.3 is 0 Å². The molecule has 1 aliphatic carbocycles. The fourth-order valence-corrected chi connectivity index (χ4v) is 3.28. The zero-order chi connectivity index (χ0) is 14.1. The lowest BCUT2D eigenvalue weighted by Gasteiger charge is -2.13. The van der Waals surface area contributed by atoms with E-state index in [0.717, 1.165) is 43.5 Å². The minimum Gasteiger partial charge on any atom is -0.497 e. The smallest absolute Gasteiger partial charge is 0.121 e. The van der Waals surface area contributed by atoms with E-state index in [9.17, 15) is 0 Å². The van der Waals surface area contributed by atoms with Gasteiger partial charge < -0.3 is 15.0 Å². The lowest BCUT2D eigenvalue weighted by Crippen LogP contribution is -2.15. The van der Waals surface area contributed by atoms with Crippen molar-refractivity contribution < 1.29 is 4.74 Å². The van der Waals surface area contributed by atoms with Crippen molar-refractivity contribution in [3.63, 3.8) is 0 Å². The molecule has 1 aromatic carbocycles. The molecule has 3 rings (SSSR count). The maximum Gasteiger partial charge on any atom is 0.121 e. The topological polar surface area (TPSA) is 53.1 Å². The van der Waals surface area contributed by atoms with Gasteiger partial charge in [0.05, 0.1) is 18.1 Å². The predicted octanol–water partition coefficient (Wildman–Crippen LogP) is 3.05. The van der Waals surface area contributed by atoms with Crippen LogP contribution >= 0.6 is 0 Å². The van der Waals surface area contributed by atoms with Gasteiger partial charge in [0, 0.05) is 24.6 Å². The van der Waals surface area contributed by atoms with Gasteiger partial charge in [0.1, 0.15) is 11.6 Å². The highest BCUT2D eigenvalue weighted by Gasteiger charge is 2.27. The Labute approximate surface area is 119 Å². The van der Waals surface area contributed by atoms with Gasteiger partial charge in [-0.1, -0.05) is 6.92 Å². The molecule has 1 saturated carbocycles. The lowest BCUT2D eigenvalue weighted by atomic mass is 10.1. The van der Waals surface area contributed by atoms with Crippen LogP contribution in [0.3, 0.4) is 0 Å². The van der Waals surface area contributed by atoms with Crippen molar-refractivity contribution in [1.29, 1.82) is 0 Å². The summed E-state index contributed by atoms with van der Waals surface area (Å²) >= 11 is 0. The normalized spacial score (nSPS) is 22.6. The molecular formula is C16H23N3O. The summed E-state index contributed by atoms with van der Waals surface area (Å²) in [5.41, 5.74) is 8.32. The van der Waals surface area contributed by atoms with Gasteiger partial charge in [0.2, 0.25) is 0 Å². The molecule has 2 aromatic rings. The molecule has 108 valence electrons. The van der Waals surface area contributed by atoms with Crippen molar-refractivity contribution in [2.24, 2.45) is 5.73 Å². The Hall–Kier alpha value is -1.55. The summed E-state index contributed by atoms with van der Waals surface area (Å²) in [7, 11) is 1.70. The van der Waals surface area contributed by atoms with E-state index in [0.29, 0.717) is 12.0 Å². The largest absolute Gasteiger partial charge is 0.497 e. The highest BCUT2D eigenvalue weighted by atomic mass is 16.5. The van der Waals surface area contributed by atoms with E-state index in [4.69, 9.17) is 15.5 Å². The molecule has 0 radical (unpaired) electrons. The van der Waals surface area contributed by atoms with E-state index < -0.39 is 0 Å². The van der Waals surface area contributed by atoms with Crippen molar-refractivity contribution in [2.45, 2.75) is 51.1 Å². The third kappa shape index (κ3) is 2.29. The van der Waals surface area contributed by atoms with Crippen molar-refractivity contribution in [3.8, 4) is 5.75 Å². The van der Waals surface area contributed by atoms with Gasteiger partial charge in [-0.15, -0.1) is 0 Å². The lowest BCUT2D eigenvalue weighted by molar-refractivity contribution is 0.415. The highest BCUT2D eigenvalue weighted by Crippen LogP contribution is 2.35. The second-order valence-electron chi connectivity index (χ2n) is 5.75. The number of aryl methyl sites for hydroxylation is 1. The Morgan fingerprint density at radius 1 is 1.40 bits per heavy atom. The second kappa shape index (κ2) is 5.44. The molecule has 0 bridgehead atoms. The van der Waals surface area contributed by atoms with E-state index in [1.54, 1.807) is 7.11 Å². The third-order valence-electron chi connectivity index (χ3n) is 4.27. The molecule has 20 heavy (non-hydrogen) atoms. The summed E-state index contributed by atoms with van der Waals surface area (Å²) in [5, 5.41) is 0. The number of fused-ring (bicyclic) bond motifs is 1. The van der Waals surface area contributed by atoms with Gasteiger partial charge in [-0.3, -0.25) is 0 Å². The van der Waals surface area contributed by atoms with Crippen LogP contribution in [-0.2, 0) is 6.54 Å². The summed E-state index contributed by atoms with van der Waals surface area (Å²) in [6, 6.07) is 6.50. The highest BCUT2D eigenvalue weighted by molar-refractivity contribution is 5.78. The van der Waals surface area contributed by atoms with Gasteiger partial charge in [-0.05, 0) is 37.8 Å². The molecule has 0 aliphatic heterocycles. The Balaban J connectivity index is 2.07. The Bertz CT molecular complexity index is 605. The zero-order valence-electron chi connectivity index (χ0n) is 12.3. The van der Waals surface area contributed by atoms with Crippen molar-refractivity contribution in [1.82, 2.24) is 9.55 Å². The van der Waals surface area contributed by atoms with Crippen LogP contribution in [0.15, 0.2) is 18.2 Å². The molecule has 2 N–H and O–H groups in total. The predicted molar refractivity (Wildman–Crippen MR) is 81.1 cm³/mol. The first kappa shape index (κ1) is 13.4. The number of nitrogens with two attached hydrogens (primary N) is 1. The molecule has 4 heteroatoms. The third-order valence-corrected chi connectivity index (χ3v) is 4.27. The van der Waals surface area contributed by atoms with Gasteiger partial charge in [-0.25, -0.2) is 4.98 Å². The molecule has 2 atom stereocenters. The van der Waals surface area contributed by atoms with Crippen LogP contribution < -0.4 is 10.5 Å². The van der Waals surface area contributed by atoms with Crippen LogP contribution in [0.5, 0.6) is 5.75 Å². The van der Waals surface area contributed by atoms with Gasteiger partial charge in [0.25, 0.3) is 0 Å². The van der Waals surface area contributed by atoms with Crippen LogP contribution in [-0.4, -0.2) is 22.7 Å². The van der Waals surface area contributed by atoms with Gasteiger partial charge in [-0.2, -0.15) is 0 Å². The van der Waals surface area contributed by atoms with E-state index in [-0.39, 0.29) is 0 Å². The monoisotopic (exact) mass is 273 g/mol. The molecule has 1 heterocycles. The van der Waals surface area contributed by atoms with E-state index in [1.165, 1.54) is 11.3 Å². The number of nitrogens with zero attached hydrogens (tertiary/aromatic N) is 2. The number of rotatable bonds is 4. The zero-order valence-corrected chi connectivity index (χ0v) is 12.3. The molecule has 0 amide bonds. The molecule has 1 aliphatic rings. The van der Waals surface area contributed by atoms with Crippen LogP contribution in [0.25, 0.3) is 11.0 Å². The summed E-state index contributed by atoms with van der Waals surface area (Å²) in [4.78, 5) is 4.88. The first-order valence-electron chi connectivity index (χ1n) is 7.52. The van der Waals surface area contributed by atoms with E-state index >= 15 is 0 Å². The first-order valence-corrected chi connectivity index (χ1v) is 7.52. The van der Waals surface area contributed by atoms with Crippen molar-refractivity contribution in [3.05, 3.63) is 24.0 Å². The molecule has 4 nitrogen and oxygen atoms in total. The van der Waals surface area contributed by atoms with Crippen LogP contribution in [0.1, 0.15) is 44.3 Å². The number of hydrogen-bond acceptors (Lipinski definition) is 3. The Morgan fingerprint density at radius 3 is 2.90 bits per heavy atom. The molecular weight excluding hydrogens is 250 g/mol. The molecule has 1 fully saturated rings. The standard InChI is InChI=1S/C16H23N3O/c1-3-8-19-15-7-6-13(20-2)10-14(15)18-16(19)11-4-5-12(17)9-11/h6-7,10-12H,3-5,8-9,17H2,1-2H3. The Morgan fingerprint density at radius 2 is 2.25 bits per heavy atom. The fourth-order valence-electron chi connectivity index (χ4n) is 3.28. The average Bonchev–Trinajstić information content (AvgIpc) is 3.03. The van der Waals surface area contributed by atoms with E-state index in [2.05, 4.69) is 17.6 Å². The summed E-state index contributed by atoms with van der Waals surface area (Å²) in [6.07, 6.45) is 4.45. The summed E-state index contributed by atoms with van der Waals surface area (Å²) in [5.74, 6) is 2.59. The second-order valence-corrected chi connectivity index (χ2v) is 5.75. The van der Waals surface area contributed by atoms with E-state index in [1.807, 2.05) is 12.1 Å². The fraction of sp³-hybridized carbons (Fsp3) is 0.562. The number of benzene rings is 1. The maximum atomic E-state index is 6.07. The average molecular weight is 273 g/mol. The number of aromatic nitrogens is 2. The maximum absolute atomic E-state index is 6.07. The first-order chi connectivity index (χ1) is 9.72. The van der Waals surface area contributed by atoms with Crippen molar-refractivity contribution >= 4 is 11.0 Å². The number of methoxy groups -OCH3 is 1. The van der Waals surface area contributed by atoms with Crippen LogP contribution in [0.2, 0.25) is 0 Å². The molecule has 1 aromatic heterocycles. The molecule has 0 spiro atoms. The minimum absolute atomic E-state index is 0.337. The SMILES string of the molecule is CCCn1c(C2CCC(N)C2)nc2cc(OC)ccc21. The quantitative estimate of drug-likeness (QED) is 0.931. The summed E-state index contributed by atoms with van der Waals surface area (Å²) in [6.45, 7) is 3.23. The van der Waals surface area contributed by atoms with Crippen LogP contribution in [0, 0.1) is 0 Å². The number of imidazole rings is 1. The summed E-state index contributed by atoms with van der Waals surface area (Å²) < 4.78 is 7.68. The number of ether oxygens (including phenoxy) is 1. The molecule has 2 unspecified atom stereocenters. The van der Waals surface area contributed by atoms with Gasteiger partial charge in [0.15, 0.2) is 0 Å².